The van der Waals surface area contributed by atoms with Crippen molar-refractivity contribution in [3.8, 4) is 0 Å². The number of hydrogen-bond donors (Lipinski definition) is 0. The second-order valence-electron chi connectivity index (χ2n) is 7.78. The number of piperazine rings is 1. The van der Waals surface area contributed by atoms with Gasteiger partial charge in [-0.15, -0.1) is 0 Å². The van der Waals surface area contributed by atoms with Gasteiger partial charge in [0.15, 0.2) is 11.3 Å². The zero-order valence-electron chi connectivity index (χ0n) is 18.6. The SMILES string of the molecule is COC(=O)c1c(C)oc(C)c1S(=O)(=O)N1CCN(C(=O)c2oc3c(Cl)cccc3c2C)CC1. The average Bonchev–Trinajstić information content (AvgIpc) is 3.29. The van der Waals surface area contributed by atoms with Crippen molar-refractivity contribution >= 4 is 44.5 Å². The minimum atomic E-state index is -4.05. The molecule has 4 rings (SSSR count). The highest BCUT2D eigenvalue weighted by Gasteiger charge is 2.38. The summed E-state index contributed by atoms with van der Waals surface area (Å²) in [5.74, 6) is -0.645. The fraction of sp³-hybridized carbons (Fsp3) is 0.364. The van der Waals surface area contributed by atoms with Crippen LogP contribution in [0, 0.1) is 20.8 Å². The number of methoxy groups -OCH3 is 1. The van der Waals surface area contributed by atoms with E-state index in [0.717, 1.165) is 5.39 Å². The third-order valence-corrected chi connectivity index (χ3v) is 8.18. The Morgan fingerprint density at radius 3 is 2.30 bits per heavy atom. The van der Waals surface area contributed by atoms with E-state index in [1.54, 1.807) is 24.0 Å². The summed E-state index contributed by atoms with van der Waals surface area (Å²) in [5, 5.41) is 1.17. The summed E-state index contributed by atoms with van der Waals surface area (Å²) in [5.41, 5.74) is 1.02. The van der Waals surface area contributed by atoms with Crippen LogP contribution < -0.4 is 0 Å². The highest BCUT2D eigenvalue weighted by molar-refractivity contribution is 7.89. The molecule has 2 aromatic heterocycles. The van der Waals surface area contributed by atoms with E-state index < -0.39 is 16.0 Å². The van der Waals surface area contributed by atoms with Crippen molar-refractivity contribution in [3.05, 3.63) is 51.6 Å². The predicted molar refractivity (Wildman–Crippen MR) is 120 cm³/mol. The number of furan rings is 2. The summed E-state index contributed by atoms with van der Waals surface area (Å²) in [4.78, 5) is 26.6. The Hall–Kier alpha value is -2.82. The van der Waals surface area contributed by atoms with E-state index in [4.69, 9.17) is 25.2 Å². The van der Waals surface area contributed by atoms with Crippen LogP contribution in [0.5, 0.6) is 0 Å². The zero-order chi connectivity index (χ0) is 24.1. The standard InChI is InChI=1S/C22H23ClN2O7S/c1-12-15-6-5-7-16(23)19(15)32-18(12)21(26)24-8-10-25(11-9-24)33(28,29)20-14(3)31-13(2)17(20)22(27)30-4/h5-7H,8-11H2,1-4H3. The number of para-hydroxylation sites is 1. The molecule has 0 atom stereocenters. The van der Waals surface area contributed by atoms with Crippen molar-refractivity contribution < 1.29 is 31.6 Å². The van der Waals surface area contributed by atoms with E-state index in [2.05, 4.69) is 0 Å². The lowest BCUT2D eigenvalue weighted by Gasteiger charge is -2.33. The molecule has 3 aromatic rings. The second-order valence-corrected chi connectivity index (χ2v) is 10.1. The lowest BCUT2D eigenvalue weighted by molar-refractivity contribution is 0.0594. The van der Waals surface area contributed by atoms with Crippen LogP contribution in [0.15, 0.2) is 31.9 Å². The molecule has 0 bridgehead atoms. The van der Waals surface area contributed by atoms with Gasteiger partial charge in [-0.25, -0.2) is 13.2 Å². The van der Waals surface area contributed by atoms with Gasteiger partial charge >= 0.3 is 5.97 Å². The van der Waals surface area contributed by atoms with Crippen LogP contribution in [0.3, 0.4) is 0 Å². The maximum Gasteiger partial charge on any atom is 0.342 e. The van der Waals surface area contributed by atoms with Crippen LogP contribution in [0.1, 0.15) is 38.0 Å². The van der Waals surface area contributed by atoms with Gasteiger partial charge in [0.05, 0.1) is 12.1 Å². The molecular weight excluding hydrogens is 472 g/mol. The van der Waals surface area contributed by atoms with E-state index in [1.807, 2.05) is 6.07 Å². The molecule has 11 heteroatoms. The first-order valence-electron chi connectivity index (χ1n) is 10.2. The Balaban J connectivity index is 1.56. The van der Waals surface area contributed by atoms with E-state index >= 15 is 0 Å². The average molecular weight is 495 g/mol. The van der Waals surface area contributed by atoms with E-state index in [0.29, 0.717) is 16.2 Å². The van der Waals surface area contributed by atoms with Gasteiger partial charge in [-0.3, -0.25) is 4.79 Å². The summed E-state index contributed by atoms with van der Waals surface area (Å²) in [6, 6.07) is 5.30. The first-order valence-corrected chi connectivity index (χ1v) is 12.0. The van der Waals surface area contributed by atoms with Crippen molar-refractivity contribution in [2.45, 2.75) is 25.7 Å². The molecule has 0 saturated carbocycles. The number of hydrogen-bond acceptors (Lipinski definition) is 7. The van der Waals surface area contributed by atoms with Crippen LogP contribution in [-0.2, 0) is 14.8 Å². The van der Waals surface area contributed by atoms with Crippen LogP contribution in [-0.4, -0.2) is 62.8 Å². The quantitative estimate of drug-likeness (QED) is 0.510. The molecule has 0 unspecified atom stereocenters. The number of carbonyl (C=O) groups is 2. The number of amides is 1. The molecule has 0 spiro atoms. The maximum absolute atomic E-state index is 13.3. The molecule has 1 aliphatic heterocycles. The van der Waals surface area contributed by atoms with Gasteiger partial charge in [-0.2, -0.15) is 4.31 Å². The fourth-order valence-corrected chi connectivity index (χ4v) is 6.13. The van der Waals surface area contributed by atoms with E-state index in [9.17, 15) is 18.0 Å². The number of sulfonamides is 1. The number of aryl methyl sites for hydroxylation is 3. The van der Waals surface area contributed by atoms with E-state index in [1.165, 1.54) is 25.3 Å². The number of carbonyl (C=O) groups excluding carboxylic acids is 2. The molecule has 1 saturated heterocycles. The van der Waals surface area contributed by atoms with Crippen molar-refractivity contribution in [3.63, 3.8) is 0 Å². The van der Waals surface area contributed by atoms with Gasteiger partial charge in [-0.1, -0.05) is 23.7 Å². The summed E-state index contributed by atoms with van der Waals surface area (Å²) in [7, 11) is -2.87. The van der Waals surface area contributed by atoms with Gasteiger partial charge in [0.25, 0.3) is 5.91 Å². The summed E-state index contributed by atoms with van der Waals surface area (Å²) >= 11 is 6.19. The molecule has 0 radical (unpaired) electrons. The predicted octanol–water partition coefficient (Wildman–Crippen LogP) is 3.54. The third-order valence-electron chi connectivity index (χ3n) is 5.83. The van der Waals surface area contributed by atoms with Crippen molar-refractivity contribution in [2.75, 3.05) is 33.3 Å². The van der Waals surface area contributed by atoms with Crippen LogP contribution in [0.4, 0.5) is 0 Å². The summed E-state index contributed by atoms with van der Waals surface area (Å²) < 4.78 is 43.8. The molecule has 9 nitrogen and oxygen atoms in total. The zero-order valence-corrected chi connectivity index (χ0v) is 20.2. The van der Waals surface area contributed by atoms with Crippen LogP contribution in [0.25, 0.3) is 11.0 Å². The Bertz CT molecular complexity index is 1370. The van der Waals surface area contributed by atoms with Gasteiger partial charge in [0, 0.05) is 37.1 Å². The molecule has 1 aliphatic rings. The minimum absolute atomic E-state index is 0.0540. The Morgan fingerprint density at radius 2 is 1.70 bits per heavy atom. The molecule has 176 valence electrons. The molecule has 0 N–H and O–H groups in total. The maximum atomic E-state index is 13.3. The Morgan fingerprint density at radius 1 is 1.03 bits per heavy atom. The topological polar surface area (TPSA) is 110 Å². The first-order chi connectivity index (χ1) is 15.6. The molecule has 1 amide bonds. The van der Waals surface area contributed by atoms with Gasteiger partial charge in [-0.05, 0) is 26.8 Å². The minimum Gasteiger partial charge on any atom is -0.465 e. The largest absolute Gasteiger partial charge is 0.465 e. The number of esters is 1. The van der Waals surface area contributed by atoms with Gasteiger partial charge in [0.2, 0.25) is 10.0 Å². The Labute approximate surface area is 195 Å². The van der Waals surface area contributed by atoms with E-state index in [-0.39, 0.29) is 59.8 Å². The lowest BCUT2D eigenvalue weighted by atomic mass is 10.1. The van der Waals surface area contributed by atoms with Gasteiger partial charge in [0.1, 0.15) is 22.0 Å². The smallest absolute Gasteiger partial charge is 0.342 e. The van der Waals surface area contributed by atoms with Crippen LogP contribution >= 0.6 is 11.6 Å². The van der Waals surface area contributed by atoms with Crippen molar-refractivity contribution in [1.82, 2.24) is 9.21 Å². The second kappa shape index (κ2) is 8.51. The molecule has 0 aliphatic carbocycles. The number of halogens is 1. The first kappa shape index (κ1) is 23.3. The number of fused-ring (bicyclic) bond motifs is 1. The normalized spacial score (nSPS) is 15.2. The van der Waals surface area contributed by atoms with Crippen molar-refractivity contribution in [1.29, 1.82) is 0 Å². The summed E-state index contributed by atoms with van der Waals surface area (Å²) in [6.45, 7) is 5.21. The van der Waals surface area contributed by atoms with Crippen molar-refractivity contribution in [2.24, 2.45) is 0 Å². The highest BCUT2D eigenvalue weighted by atomic mass is 35.5. The Kier molecular flexibility index (Phi) is 6.02. The molecule has 1 fully saturated rings. The molecule has 3 heterocycles. The fourth-order valence-electron chi connectivity index (χ4n) is 4.13. The summed E-state index contributed by atoms with van der Waals surface area (Å²) in [6.07, 6.45) is 0. The number of benzene rings is 1. The third kappa shape index (κ3) is 3.81. The molecular formula is C22H23ClN2O7S. The van der Waals surface area contributed by atoms with Gasteiger partial charge < -0.3 is 18.5 Å². The number of nitrogens with zero attached hydrogens (tertiary/aromatic N) is 2. The lowest BCUT2D eigenvalue weighted by Crippen LogP contribution is -2.50. The molecule has 1 aromatic carbocycles. The number of rotatable bonds is 4. The highest BCUT2D eigenvalue weighted by Crippen LogP contribution is 2.33. The number of ether oxygens (including phenoxy) is 1. The molecule has 33 heavy (non-hydrogen) atoms. The van der Waals surface area contributed by atoms with Crippen LogP contribution in [0.2, 0.25) is 5.02 Å². The monoisotopic (exact) mass is 494 g/mol.